The molecule has 2 rings (SSSR count). The Balaban J connectivity index is 2.38. The molecule has 0 aliphatic carbocycles. The molecular formula is C14H16FN3O3. The molecule has 1 heterocycles. The smallest absolute Gasteiger partial charge is 0.313 e. The molecule has 0 aromatic heterocycles. The molecule has 0 unspecified atom stereocenters. The van der Waals surface area contributed by atoms with Gasteiger partial charge in [-0.05, 0) is 42.0 Å². The highest BCUT2D eigenvalue weighted by Crippen LogP contribution is 2.36. The van der Waals surface area contributed by atoms with Crippen molar-refractivity contribution >= 4 is 5.97 Å². The number of nitrogens with zero attached hydrogens (tertiary/aromatic N) is 3. The third-order valence-electron chi connectivity index (χ3n) is 3.80. The quantitative estimate of drug-likeness (QED) is 0.513. The number of hydrogen-bond donors (Lipinski definition) is 1. The molecule has 1 aliphatic rings. The van der Waals surface area contributed by atoms with Crippen molar-refractivity contribution in [2.75, 3.05) is 13.2 Å². The Labute approximate surface area is 121 Å². The van der Waals surface area contributed by atoms with Crippen LogP contribution in [0, 0.1) is 11.7 Å². The summed E-state index contributed by atoms with van der Waals surface area (Å²) in [5.41, 5.74) is 9.30. The normalized spacial score (nSPS) is 18.5. The van der Waals surface area contributed by atoms with Gasteiger partial charge in [-0.25, -0.2) is 4.39 Å². The number of carboxylic acids is 1. The fraction of sp³-hybridized carbons (Fsp3) is 0.500. The monoisotopic (exact) mass is 293 g/mol. The lowest BCUT2D eigenvalue weighted by Gasteiger charge is -2.32. The van der Waals surface area contributed by atoms with Gasteiger partial charge in [-0.2, -0.15) is 0 Å². The molecule has 1 fully saturated rings. The molecule has 0 radical (unpaired) electrons. The zero-order valence-electron chi connectivity index (χ0n) is 11.4. The molecule has 2 atom stereocenters. The Hall–Kier alpha value is -2.11. The fourth-order valence-corrected chi connectivity index (χ4v) is 2.80. The van der Waals surface area contributed by atoms with E-state index in [-0.39, 0.29) is 11.7 Å². The summed E-state index contributed by atoms with van der Waals surface area (Å²) in [6.45, 7) is 1.09. The van der Waals surface area contributed by atoms with Gasteiger partial charge in [0, 0.05) is 24.0 Å². The van der Waals surface area contributed by atoms with Gasteiger partial charge in [0.15, 0.2) is 0 Å². The highest BCUT2D eigenvalue weighted by atomic mass is 19.1. The van der Waals surface area contributed by atoms with E-state index in [1.807, 2.05) is 0 Å². The number of carboxylic acid groups (broad SMARTS) is 1. The molecule has 7 heteroatoms. The van der Waals surface area contributed by atoms with Gasteiger partial charge in [0.2, 0.25) is 0 Å². The summed E-state index contributed by atoms with van der Waals surface area (Å²) >= 11 is 0. The summed E-state index contributed by atoms with van der Waals surface area (Å²) < 4.78 is 18.4. The lowest BCUT2D eigenvalue weighted by Crippen LogP contribution is -2.34. The van der Waals surface area contributed by atoms with E-state index < -0.39 is 17.9 Å². The largest absolute Gasteiger partial charge is 0.481 e. The van der Waals surface area contributed by atoms with E-state index >= 15 is 0 Å². The molecule has 21 heavy (non-hydrogen) atoms. The van der Waals surface area contributed by atoms with Crippen molar-refractivity contribution in [3.8, 4) is 0 Å². The average Bonchev–Trinajstić information content (AvgIpc) is 2.49. The zero-order valence-corrected chi connectivity index (χ0v) is 11.4. The van der Waals surface area contributed by atoms with Crippen molar-refractivity contribution in [1.29, 1.82) is 0 Å². The van der Waals surface area contributed by atoms with Crippen molar-refractivity contribution < 1.29 is 19.0 Å². The molecule has 1 N–H and O–H groups in total. The summed E-state index contributed by atoms with van der Waals surface area (Å²) in [7, 11) is 0. The molecule has 1 aromatic carbocycles. The number of halogens is 1. The van der Waals surface area contributed by atoms with Crippen molar-refractivity contribution in [2.45, 2.75) is 24.8 Å². The number of rotatable bonds is 5. The molecule has 112 valence electrons. The Morgan fingerprint density at radius 1 is 1.38 bits per heavy atom. The van der Waals surface area contributed by atoms with Crippen LogP contribution in [0.2, 0.25) is 0 Å². The van der Waals surface area contributed by atoms with Gasteiger partial charge in [-0.1, -0.05) is 17.2 Å². The van der Waals surface area contributed by atoms with E-state index in [0.717, 1.165) is 0 Å². The van der Waals surface area contributed by atoms with Gasteiger partial charge in [-0.3, -0.25) is 4.79 Å². The minimum absolute atomic E-state index is 0.0239. The van der Waals surface area contributed by atoms with Gasteiger partial charge < -0.3 is 9.84 Å². The number of carbonyl (C=O) groups is 1. The van der Waals surface area contributed by atoms with E-state index in [2.05, 4.69) is 10.0 Å². The van der Waals surface area contributed by atoms with E-state index in [0.29, 0.717) is 31.6 Å². The van der Waals surface area contributed by atoms with Crippen LogP contribution in [0.3, 0.4) is 0 Å². The maximum Gasteiger partial charge on any atom is 0.313 e. The average molecular weight is 293 g/mol. The second-order valence-corrected chi connectivity index (χ2v) is 5.02. The highest BCUT2D eigenvalue weighted by molar-refractivity contribution is 5.75. The number of hydrogen-bond acceptors (Lipinski definition) is 3. The second-order valence-electron chi connectivity index (χ2n) is 5.02. The first kappa shape index (κ1) is 15.3. The number of ether oxygens (including phenoxy) is 1. The van der Waals surface area contributed by atoms with Crippen molar-refractivity contribution in [3.63, 3.8) is 0 Å². The summed E-state index contributed by atoms with van der Waals surface area (Å²) in [6, 6.07) is 4.48. The molecule has 6 nitrogen and oxygen atoms in total. The summed E-state index contributed by atoms with van der Waals surface area (Å²) in [6.07, 6.45) is 1.37. The predicted molar refractivity (Wildman–Crippen MR) is 73.3 cm³/mol. The van der Waals surface area contributed by atoms with Crippen LogP contribution in [0.15, 0.2) is 29.4 Å². The lowest BCUT2D eigenvalue weighted by molar-refractivity contribution is -0.139. The third kappa shape index (κ3) is 3.71. The summed E-state index contributed by atoms with van der Waals surface area (Å²) in [4.78, 5) is 14.1. The number of azide groups is 1. The topological polar surface area (TPSA) is 95.3 Å². The summed E-state index contributed by atoms with van der Waals surface area (Å²) in [5, 5.41) is 12.8. The van der Waals surface area contributed by atoms with Gasteiger partial charge in [0.1, 0.15) is 11.9 Å². The first-order valence-corrected chi connectivity index (χ1v) is 6.73. The van der Waals surface area contributed by atoms with Crippen molar-refractivity contribution in [3.05, 3.63) is 46.1 Å². The molecule has 0 spiro atoms. The van der Waals surface area contributed by atoms with E-state index in [4.69, 9.17) is 10.3 Å². The van der Waals surface area contributed by atoms with Crippen molar-refractivity contribution in [1.82, 2.24) is 0 Å². The second kappa shape index (κ2) is 7.06. The lowest BCUT2D eigenvalue weighted by atomic mass is 9.77. The Bertz CT molecular complexity index is 535. The van der Waals surface area contributed by atoms with Gasteiger partial charge in [0.05, 0.1) is 0 Å². The van der Waals surface area contributed by atoms with Crippen LogP contribution >= 0.6 is 0 Å². The molecule has 0 bridgehead atoms. The van der Waals surface area contributed by atoms with Crippen LogP contribution in [-0.2, 0) is 9.53 Å². The predicted octanol–water partition coefficient (Wildman–Crippen LogP) is 3.10. The first-order valence-electron chi connectivity index (χ1n) is 6.73. The van der Waals surface area contributed by atoms with Gasteiger partial charge in [0.25, 0.3) is 0 Å². The maximum atomic E-state index is 13.1. The fourth-order valence-electron chi connectivity index (χ4n) is 2.80. The molecular weight excluding hydrogens is 277 g/mol. The molecule has 0 saturated carbocycles. The Morgan fingerprint density at radius 3 is 2.52 bits per heavy atom. The maximum absolute atomic E-state index is 13.1. The van der Waals surface area contributed by atoms with Crippen molar-refractivity contribution in [2.24, 2.45) is 11.0 Å². The number of aliphatic carboxylic acids is 1. The van der Waals surface area contributed by atoms with E-state index in [1.54, 1.807) is 12.1 Å². The highest BCUT2D eigenvalue weighted by Gasteiger charge is 2.35. The van der Waals surface area contributed by atoms with Crippen LogP contribution in [0.5, 0.6) is 0 Å². The molecule has 1 aromatic rings. The SMILES string of the molecule is [N-]=[N+]=N[C@H](C(=O)O)[C@@H](c1ccc(F)cc1)C1CCOCC1. The molecule has 0 amide bonds. The minimum Gasteiger partial charge on any atom is -0.481 e. The zero-order chi connectivity index (χ0) is 15.2. The Kier molecular flexibility index (Phi) is 5.14. The number of benzene rings is 1. The van der Waals surface area contributed by atoms with E-state index in [9.17, 15) is 14.3 Å². The van der Waals surface area contributed by atoms with Crippen LogP contribution in [0.1, 0.15) is 24.3 Å². The van der Waals surface area contributed by atoms with Gasteiger partial charge in [-0.15, -0.1) is 0 Å². The molecule has 1 saturated heterocycles. The van der Waals surface area contributed by atoms with Crippen LogP contribution < -0.4 is 0 Å². The Morgan fingerprint density at radius 2 is 2.00 bits per heavy atom. The standard InChI is InChI=1S/C14H16FN3O3/c15-11-3-1-9(2-4-11)12(10-5-7-21-8-6-10)13(14(19)20)17-18-16/h1-4,10,12-13H,5-8H2,(H,19,20)/t12-,13-/m0/s1. The van der Waals surface area contributed by atoms with Crippen LogP contribution in [-0.4, -0.2) is 30.3 Å². The van der Waals surface area contributed by atoms with Crippen LogP contribution in [0.25, 0.3) is 10.4 Å². The third-order valence-corrected chi connectivity index (χ3v) is 3.80. The first-order chi connectivity index (χ1) is 10.1. The molecule has 1 aliphatic heterocycles. The van der Waals surface area contributed by atoms with Crippen LogP contribution in [0.4, 0.5) is 4.39 Å². The summed E-state index contributed by atoms with van der Waals surface area (Å²) in [5.74, 6) is -2.02. The van der Waals surface area contributed by atoms with E-state index in [1.165, 1.54) is 12.1 Å². The van der Waals surface area contributed by atoms with Gasteiger partial charge >= 0.3 is 5.97 Å². The minimum atomic E-state index is -1.21.